The van der Waals surface area contributed by atoms with E-state index in [4.69, 9.17) is 14.5 Å². The maximum absolute atomic E-state index is 13.6. The molecule has 5 rings (SSSR count). The molecule has 0 fully saturated rings. The number of para-hydroxylation sites is 1. The Labute approximate surface area is 226 Å². The lowest BCUT2D eigenvalue weighted by atomic mass is 9.95. The van der Waals surface area contributed by atoms with Crippen molar-refractivity contribution in [3.05, 3.63) is 57.1 Å². The Bertz CT molecular complexity index is 1400. The minimum absolute atomic E-state index is 0.426. The number of nitrogens with zero attached hydrogens (tertiary/aromatic N) is 2. The van der Waals surface area contributed by atoms with Crippen LogP contribution in [0.3, 0.4) is 0 Å². The normalized spacial score (nSPS) is 16.2. The van der Waals surface area contributed by atoms with E-state index in [2.05, 4.69) is 17.1 Å². The van der Waals surface area contributed by atoms with Crippen LogP contribution in [0.4, 0.5) is 5.00 Å². The van der Waals surface area contributed by atoms with Crippen LogP contribution in [-0.4, -0.2) is 54.0 Å². The van der Waals surface area contributed by atoms with Crippen molar-refractivity contribution >= 4 is 45.1 Å². The first-order valence-corrected chi connectivity index (χ1v) is 14.1. The third kappa shape index (κ3) is 5.05. The topological polar surface area (TPSA) is 97.8 Å². The molecule has 0 radical (unpaired) electrons. The predicted molar refractivity (Wildman–Crippen MR) is 147 cm³/mol. The molecule has 1 aromatic carbocycles. The van der Waals surface area contributed by atoms with E-state index >= 15 is 0 Å². The maximum atomic E-state index is 13.6. The summed E-state index contributed by atoms with van der Waals surface area (Å²) < 4.78 is 10.8. The molecule has 1 unspecified atom stereocenters. The fourth-order valence-electron chi connectivity index (χ4n) is 5.38. The van der Waals surface area contributed by atoms with Crippen LogP contribution in [0.5, 0.6) is 0 Å². The highest BCUT2D eigenvalue weighted by atomic mass is 32.1. The van der Waals surface area contributed by atoms with Gasteiger partial charge in [-0.3, -0.25) is 14.7 Å². The predicted octanol–water partition coefficient (Wildman–Crippen LogP) is 4.91. The number of fused-ring (bicyclic) bond motifs is 3. The van der Waals surface area contributed by atoms with Crippen LogP contribution in [0.2, 0.25) is 0 Å². The minimum atomic E-state index is -1.07. The molecule has 2 aromatic heterocycles. The molecule has 200 valence electrons. The van der Waals surface area contributed by atoms with E-state index in [0.717, 1.165) is 84.2 Å². The second kappa shape index (κ2) is 11.2. The van der Waals surface area contributed by atoms with Crippen molar-refractivity contribution in [1.29, 1.82) is 0 Å². The van der Waals surface area contributed by atoms with Gasteiger partial charge in [-0.1, -0.05) is 31.5 Å². The fourth-order valence-corrected chi connectivity index (χ4v) is 6.66. The number of ether oxygens (including phenoxy) is 2. The lowest BCUT2D eigenvalue weighted by molar-refractivity contribution is -0.123. The van der Waals surface area contributed by atoms with E-state index in [1.165, 1.54) is 18.4 Å². The van der Waals surface area contributed by atoms with Gasteiger partial charge in [0.25, 0.3) is 5.91 Å². The number of aromatic nitrogens is 1. The molecule has 0 spiro atoms. The Balaban J connectivity index is 1.41. The van der Waals surface area contributed by atoms with Gasteiger partial charge >= 0.3 is 11.9 Å². The Hall–Kier alpha value is -3.30. The molecule has 3 heterocycles. The van der Waals surface area contributed by atoms with Gasteiger partial charge in [0.15, 0.2) is 6.10 Å². The Morgan fingerprint density at radius 1 is 1.05 bits per heavy atom. The van der Waals surface area contributed by atoms with E-state index in [-0.39, 0.29) is 0 Å². The molecular weight excluding hydrogens is 502 g/mol. The number of carbonyl (C=O) groups excluding carboxylic acids is 3. The van der Waals surface area contributed by atoms with Gasteiger partial charge in [0.1, 0.15) is 5.00 Å². The molecule has 8 nitrogen and oxygen atoms in total. The molecule has 0 saturated carbocycles. The molecule has 1 amide bonds. The summed E-state index contributed by atoms with van der Waals surface area (Å²) in [5.74, 6) is -1.49. The number of aryl methyl sites for hydroxylation is 1. The second-order valence-electron chi connectivity index (χ2n) is 9.84. The monoisotopic (exact) mass is 535 g/mol. The number of carbonyl (C=O) groups is 3. The second-order valence-corrected chi connectivity index (χ2v) is 11.0. The van der Waals surface area contributed by atoms with Gasteiger partial charge in [-0.2, -0.15) is 0 Å². The van der Waals surface area contributed by atoms with Crippen LogP contribution in [-0.2, 0) is 40.1 Å². The van der Waals surface area contributed by atoms with Crippen LogP contribution in [0, 0.1) is 0 Å². The Kier molecular flexibility index (Phi) is 7.76. The van der Waals surface area contributed by atoms with Gasteiger partial charge in [-0.15, -0.1) is 11.3 Å². The summed E-state index contributed by atoms with van der Waals surface area (Å²) in [7, 11) is 1.35. The zero-order valence-corrected chi connectivity index (χ0v) is 22.9. The number of esters is 2. The molecule has 3 aromatic rings. The first-order valence-electron chi connectivity index (χ1n) is 13.3. The van der Waals surface area contributed by atoms with Gasteiger partial charge in [0, 0.05) is 41.0 Å². The molecule has 1 atom stereocenters. The third-order valence-corrected chi connectivity index (χ3v) is 8.68. The van der Waals surface area contributed by atoms with Gasteiger partial charge in [0.2, 0.25) is 0 Å². The molecular formula is C29H33N3O5S. The lowest BCUT2D eigenvalue weighted by Gasteiger charge is -2.29. The number of likely N-dealkylation sites (N-methyl/N-ethyl adjacent to an activating group) is 1. The number of anilines is 1. The molecule has 38 heavy (non-hydrogen) atoms. The van der Waals surface area contributed by atoms with Crippen molar-refractivity contribution in [1.82, 2.24) is 9.88 Å². The average Bonchev–Trinajstić information content (AvgIpc) is 3.10. The zero-order valence-electron chi connectivity index (χ0n) is 22.1. The number of benzene rings is 1. The van der Waals surface area contributed by atoms with Crippen LogP contribution in [0.15, 0.2) is 24.3 Å². The highest BCUT2D eigenvalue weighted by molar-refractivity contribution is 7.17. The van der Waals surface area contributed by atoms with Crippen LogP contribution in [0.1, 0.15) is 75.5 Å². The summed E-state index contributed by atoms with van der Waals surface area (Å²) in [5.41, 5.74) is 4.37. The molecule has 9 heteroatoms. The van der Waals surface area contributed by atoms with E-state index in [0.29, 0.717) is 22.7 Å². The zero-order chi connectivity index (χ0) is 26.8. The van der Waals surface area contributed by atoms with Gasteiger partial charge in [-0.25, -0.2) is 9.59 Å². The summed E-state index contributed by atoms with van der Waals surface area (Å²) >= 11 is 1.42. The fraction of sp³-hybridized carbons (Fsp3) is 0.448. The van der Waals surface area contributed by atoms with Crippen LogP contribution < -0.4 is 5.32 Å². The van der Waals surface area contributed by atoms with E-state index in [1.807, 2.05) is 24.3 Å². The van der Waals surface area contributed by atoms with Crippen molar-refractivity contribution in [3.8, 4) is 0 Å². The summed E-state index contributed by atoms with van der Waals surface area (Å²) in [6.45, 7) is 6.01. The number of thiophene rings is 1. The standard InChI is InChI=1S/C29H33N3O5S/c1-4-32-15-14-22-20(16-32)24(18-10-8-9-12-21(18)30-22)29(35)37-17(2)26(33)31-27-25(28(34)36-3)19-11-6-5-7-13-23(19)38-27/h8-10,12,17H,4-7,11,13-16H2,1-3H3,(H,31,33). The molecule has 2 aliphatic rings. The summed E-state index contributed by atoms with van der Waals surface area (Å²) in [6, 6.07) is 7.54. The number of hydrogen-bond donors (Lipinski definition) is 1. The first kappa shape index (κ1) is 26.3. The number of methoxy groups -OCH3 is 1. The van der Waals surface area contributed by atoms with Crippen molar-refractivity contribution in [2.24, 2.45) is 0 Å². The lowest BCUT2D eigenvalue weighted by Crippen LogP contribution is -2.34. The van der Waals surface area contributed by atoms with Gasteiger partial charge in [0.05, 0.1) is 23.8 Å². The van der Waals surface area contributed by atoms with E-state index in [9.17, 15) is 14.4 Å². The summed E-state index contributed by atoms with van der Waals surface area (Å²) in [4.78, 5) is 47.6. The summed E-state index contributed by atoms with van der Waals surface area (Å²) in [5, 5.41) is 4.04. The number of amides is 1. The largest absolute Gasteiger partial charge is 0.465 e. The average molecular weight is 536 g/mol. The Morgan fingerprint density at radius 3 is 2.63 bits per heavy atom. The highest BCUT2D eigenvalue weighted by Gasteiger charge is 2.30. The third-order valence-electron chi connectivity index (χ3n) is 7.48. The number of nitrogens with one attached hydrogen (secondary N) is 1. The highest BCUT2D eigenvalue weighted by Crippen LogP contribution is 2.38. The van der Waals surface area contributed by atoms with Crippen molar-refractivity contribution in [2.45, 2.75) is 65.0 Å². The Morgan fingerprint density at radius 2 is 1.84 bits per heavy atom. The SMILES string of the molecule is CCN1CCc2nc3ccccc3c(C(=O)OC(C)C(=O)Nc3sc4c(c3C(=O)OC)CCCCC4)c2C1. The smallest absolute Gasteiger partial charge is 0.341 e. The molecule has 1 aliphatic carbocycles. The van der Waals surface area contributed by atoms with Crippen LogP contribution in [0.25, 0.3) is 10.9 Å². The molecule has 0 bridgehead atoms. The van der Waals surface area contributed by atoms with Crippen molar-refractivity contribution < 1.29 is 23.9 Å². The first-order chi connectivity index (χ1) is 18.4. The quantitative estimate of drug-likeness (QED) is 0.354. The number of rotatable bonds is 6. The summed E-state index contributed by atoms with van der Waals surface area (Å²) in [6.07, 6.45) is 4.50. The molecule has 1 N–H and O–H groups in total. The van der Waals surface area contributed by atoms with Crippen molar-refractivity contribution in [2.75, 3.05) is 25.5 Å². The number of pyridine rings is 1. The molecule has 1 aliphatic heterocycles. The number of hydrogen-bond acceptors (Lipinski definition) is 8. The minimum Gasteiger partial charge on any atom is -0.465 e. The van der Waals surface area contributed by atoms with E-state index in [1.54, 1.807) is 6.92 Å². The van der Waals surface area contributed by atoms with Crippen molar-refractivity contribution in [3.63, 3.8) is 0 Å². The van der Waals surface area contributed by atoms with Crippen LogP contribution >= 0.6 is 11.3 Å². The van der Waals surface area contributed by atoms with E-state index < -0.39 is 23.9 Å². The van der Waals surface area contributed by atoms with Gasteiger partial charge < -0.3 is 14.8 Å². The molecule has 0 saturated heterocycles. The maximum Gasteiger partial charge on any atom is 0.341 e. The van der Waals surface area contributed by atoms with Gasteiger partial charge in [-0.05, 0) is 50.8 Å².